The second-order valence-corrected chi connectivity index (χ2v) is 6.83. The van der Waals surface area contributed by atoms with Gasteiger partial charge in [0.2, 0.25) is 0 Å². The van der Waals surface area contributed by atoms with Crippen LogP contribution in [0.25, 0.3) is 16.6 Å². The van der Waals surface area contributed by atoms with Crippen LogP contribution in [0.3, 0.4) is 0 Å². The summed E-state index contributed by atoms with van der Waals surface area (Å²) in [6.07, 6.45) is 1.66. The summed E-state index contributed by atoms with van der Waals surface area (Å²) in [5.41, 5.74) is 2.81. The van der Waals surface area contributed by atoms with Crippen LogP contribution in [-0.4, -0.2) is 15.3 Å². The van der Waals surface area contributed by atoms with Crippen molar-refractivity contribution in [3.63, 3.8) is 0 Å². The monoisotopic (exact) mass is 411 g/mol. The number of halogens is 1. The van der Waals surface area contributed by atoms with E-state index >= 15 is 0 Å². The Morgan fingerprint density at radius 1 is 1.06 bits per heavy atom. The third-order valence-electron chi connectivity index (χ3n) is 4.72. The predicted octanol–water partition coefficient (Wildman–Crippen LogP) is 5.09. The SMILES string of the molecule is N#Cc1cn2c(Nc3ccc(NC(=O)c4cc5cc(F)ccc5o4)cc3)cccc2n1. The maximum absolute atomic E-state index is 13.3. The standard InChI is InChI=1S/C23H14FN5O2/c24-15-4-9-19-14(10-15)11-20(31-19)23(30)28-17-7-5-16(6-8-17)26-21-2-1-3-22-27-18(12-25)13-29(21)22/h1-11,13,26H,(H,28,30). The number of pyridine rings is 1. The number of nitriles is 1. The van der Waals surface area contributed by atoms with Gasteiger partial charge in [-0.2, -0.15) is 5.26 Å². The van der Waals surface area contributed by atoms with E-state index in [4.69, 9.17) is 9.68 Å². The molecule has 0 aliphatic heterocycles. The summed E-state index contributed by atoms with van der Waals surface area (Å²) in [5, 5.41) is 15.6. The normalized spacial score (nSPS) is 10.8. The Balaban J connectivity index is 1.32. The molecule has 31 heavy (non-hydrogen) atoms. The second-order valence-electron chi connectivity index (χ2n) is 6.83. The van der Waals surface area contributed by atoms with Crippen LogP contribution in [0.1, 0.15) is 16.2 Å². The predicted molar refractivity (Wildman–Crippen MR) is 114 cm³/mol. The van der Waals surface area contributed by atoms with E-state index < -0.39 is 11.7 Å². The van der Waals surface area contributed by atoms with E-state index in [2.05, 4.69) is 15.6 Å². The Bertz CT molecular complexity index is 1480. The topological polar surface area (TPSA) is 95.4 Å². The number of benzene rings is 2. The van der Waals surface area contributed by atoms with Gasteiger partial charge in [-0.25, -0.2) is 9.37 Å². The fraction of sp³-hybridized carbons (Fsp3) is 0. The van der Waals surface area contributed by atoms with Crippen molar-refractivity contribution in [1.82, 2.24) is 9.38 Å². The van der Waals surface area contributed by atoms with Gasteiger partial charge in [-0.05, 0) is 60.7 Å². The van der Waals surface area contributed by atoms with Crippen LogP contribution in [0.4, 0.5) is 21.6 Å². The minimum Gasteiger partial charge on any atom is -0.451 e. The molecule has 0 aliphatic carbocycles. The van der Waals surface area contributed by atoms with E-state index in [1.165, 1.54) is 24.3 Å². The average Bonchev–Trinajstić information content (AvgIpc) is 3.39. The maximum Gasteiger partial charge on any atom is 0.291 e. The molecule has 0 aliphatic rings. The molecule has 3 aromatic heterocycles. The van der Waals surface area contributed by atoms with E-state index in [1.807, 2.05) is 36.4 Å². The molecule has 0 atom stereocenters. The Hall–Kier alpha value is -4.64. The van der Waals surface area contributed by atoms with Gasteiger partial charge in [0.1, 0.15) is 28.9 Å². The molecule has 0 spiro atoms. The summed E-state index contributed by atoms with van der Waals surface area (Å²) in [7, 11) is 0. The summed E-state index contributed by atoms with van der Waals surface area (Å²) in [4.78, 5) is 16.7. The van der Waals surface area contributed by atoms with Crippen molar-refractivity contribution in [2.75, 3.05) is 10.6 Å². The fourth-order valence-electron chi connectivity index (χ4n) is 3.27. The van der Waals surface area contributed by atoms with Gasteiger partial charge < -0.3 is 15.1 Å². The molecule has 2 aromatic carbocycles. The van der Waals surface area contributed by atoms with Crippen LogP contribution in [0, 0.1) is 17.1 Å². The molecule has 0 bridgehead atoms. The molecule has 0 saturated carbocycles. The van der Waals surface area contributed by atoms with Crippen LogP contribution >= 0.6 is 0 Å². The van der Waals surface area contributed by atoms with E-state index in [9.17, 15) is 9.18 Å². The van der Waals surface area contributed by atoms with Gasteiger partial charge in [0, 0.05) is 23.0 Å². The molecule has 0 unspecified atom stereocenters. The quantitative estimate of drug-likeness (QED) is 0.430. The van der Waals surface area contributed by atoms with E-state index in [-0.39, 0.29) is 5.76 Å². The molecule has 5 aromatic rings. The van der Waals surface area contributed by atoms with E-state index in [0.29, 0.717) is 28.0 Å². The van der Waals surface area contributed by atoms with Crippen LogP contribution < -0.4 is 10.6 Å². The number of anilines is 3. The number of amides is 1. The van der Waals surface area contributed by atoms with E-state index in [0.717, 1.165) is 11.5 Å². The number of nitrogens with one attached hydrogen (secondary N) is 2. The molecule has 7 nitrogen and oxygen atoms in total. The number of aromatic nitrogens is 2. The number of nitrogens with zero attached hydrogens (tertiary/aromatic N) is 3. The third-order valence-corrected chi connectivity index (χ3v) is 4.72. The zero-order valence-electron chi connectivity index (χ0n) is 16.0. The summed E-state index contributed by atoms with van der Waals surface area (Å²) in [6.45, 7) is 0. The Labute approximate surface area is 175 Å². The molecule has 1 amide bonds. The fourth-order valence-corrected chi connectivity index (χ4v) is 3.27. The van der Waals surface area contributed by atoms with Crippen LogP contribution in [0.15, 0.2) is 77.3 Å². The van der Waals surface area contributed by atoms with Crippen LogP contribution in [0.5, 0.6) is 0 Å². The van der Waals surface area contributed by atoms with Crippen molar-refractivity contribution in [3.05, 3.63) is 90.2 Å². The lowest BCUT2D eigenvalue weighted by atomic mass is 10.2. The summed E-state index contributed by atoms with van der Waals surface area (Å²) >= 11 is 0. The molecular formula is C23H14FN5O2. The number of rotatable bonds is 4. The first-order valence-electron chi connectivity index (χ1n) is 9.35. The highest BCUT2D eigenvalue weighted by Crippen LogP contribution is 2.23. The van der Waals surface area contributed by atoms with Crippen LogP contribution in [0.2, 0.25) is 0 Å². The zero-order chi connectivity index (χ0) is 21.4. The molecule has 8 heteroatoms. The second kappa shape index (κ2) is 7.31. The van der Waals surface area contributed by atoms with Crippen molar-refractivity contribution in [1.29, 1.82) is 5.26 Å². The first-order valence-corrected chi connectivity index (χ1v) is 9.35. The maximum atomic E-state index is 13.3. The number of fused-ring (bicyclic) bond motifs is 2. The highest BCUT2D eigenvalue weighted by atomic mass is 19.1. The van der Waals surface area contributed by atoms with Gasteiger partial charge in [0.05, 0.1) is 0 Å². The molecule has 5 rings (SSSR count). The van der Waals surface area contributed by atoms with Crippen molar-refractivity contribution in [3.8, 4) is 6.07 Å². The first-order chi connectivity index (χ1) is 15.1. The van der Waals surface area contributed by atoms with Crippen molar-refractivity contribution < 1.29 is 13.6 Å². The minimum absolute atomic E-state index is 0.0999. The molecular weight excluding hydrogens is 397 g/mol. The lowest BCUT2D eigenvalue weighted by molar-refractivity contribution is 0.0998. The third kappa shape index (κ3) is 3.56. The largest absolute Gasteiger partial charge is 0.451 e. The lowest BCUT2D eigenvalue weighted by Crippen LogP contribution is -2.10. The van der Waals surface area contributed by atoms with Gasteiger partial charge in [-0.1, -0.05) is 6.07 Å². The van der Waals surface area contributed by atoms with Gasteiger partial charge in [-0.3, -0.25) is 9.20 Å². The molecule has 0 saturated heterocycles. The first kappa shape index (κ1) is 18.4. The molecule has 0 radical (unpaired) electrons. The summed E-state index contributed by atoms with van der Waals surface area (Å²) in [6, 6.07) is 20.3. The Morgan fingerprint density at radius 3 is 2.68 bits per heavy atom. The minimum atomic E-state index is -0.426. The molecule has 150 valence electrons. The molecule has 2 N–H and O–H groups in total. The Morgan fingerprint density at radius 2 is 1.87 bits per heavy atom. The number of hydrogen-bond acceptors (Lipinski definition) is 5. The number of carbonyl (C=O) groups excluding carboxylic acids is 1. The molecule has 0 fully saturated rings. The van der Waals surface area contributed by atoms with Crippen LogP contribution in [-0.2, 0) is 0 Å². The highest BCUT2D eigenvalue weighted by molar-refractivity contribution is 6.04. The number of carbonyl (C=O) groups is 1. The number of furan rings is 1. The highest BCUT2D eigenvalue weighted by Gasteiger charge is 2.13. The summed E-state index contributed by atoms with van der Waals surface area (Å²) < 4.78 is 20.6. The smallest absolute Gasteiger partial charge is 0.291 e. The number of imidazole rings is 1. The van der Waals surface area contributed by atoms with Crippen molar-refractivity contribution >= 4 is 39.7 Å². The van der Waals surface area contributed by atoms with E-state index in [1.54, 1.807) is 22.7 Å². The zero-order valence-corrected chi connectivity index (χ0v) is 16.0. The average molecular weight is 411 g/mol. The van der Waals surface area contributed by atoms with Gasteiger partial charge in [0.25, 0.3) is 5.91 Å². The van der Waals surface area contributed by atoms with Crippen molar-refractivity contribution in [2.45, 2.75) is 0 Å². The summed E-state index contributed by atoms with van der Waals surface area (Å²) in [5.74, 6) is 0.0313. The Kier molecular flexibility index (Phi) is 4.34. The van der Waals surface area contributed by atoms with Crippen molar-refractivity contribution in [2.24, 2.45) is 0 Å². The lowest BCUT2D eigenvalue weighted by Gasteiger charge is -2.10. The molecule has 3 heterocycles. The van der Waals surface area contributed by atoms with Gasteiger partial charge in [0.15, 0.2) is 11.5 Å². The van der Waals surface area contributed by atoms with Gasteiger partial charge >= 0.3 is 0 Å². The van der Waals surface area contributed by atoms with Gasteiger partial charge in [-0.15, -0.1) is 0 Å². The number of hydrogen-bond donors (Lipinski definition) is 2.